The van der Waals surface area contributed by atoms with Gasteiger partial charge < -0.3 is 33.7 Å². The largest absolute Gasteiger partial charge is 0.508 e. The number of rotatable bonds is 8. The molecule has 0 bridgehead atoms. The lowest BCUT2D eigenvalue weighted by molar-refractivity contribution is 0.0193. The van der Waals surface area contributed by atoms with E-state index in [-0.39, 0.29) is 42.8 Å². The van der Waals surface area contributed by atoms with Crippen molar-refractivity contribution in [2.75, 3.05) is 44.5 Å². The van der Waals surface area contributed by atoms with Crippen LogP contribution in [0.5, 0.6) is 17.2 Å². The Morgan fingerprint density at radius 3 is 2.42 bits per heavy atom. The van der Waals surface area contributed by atoms with Gasteiger partial charge in [0.05, 0.1) is 30.9 Å². The Bertz CT molecular complexity index is 2250. The van der Waals surface area contributed by atoms with Crippen molar-refractivity contribution in [3.8, 4) is 28.5 Å². The van der Waals surface area contributed by atoms with Crippen LogP contribution < -0.4 is 14.4 Å². The summed E-state index contributed by atoms with van der Waals surface area (Å²) in [6.07, 6.45) is 3.27. The molecule has 0 spiro atoms. The monoisotopic (exact) mass is 742 g/mol. The van der Waals surface area contributed by atoms with E-state index in [2.05, 4.69) is 27.7 Å². The molecule has 4 aliphatic heterocycles. The molecule has 1 unspecified atom stereocenters. The lowest BCUT2D eigenvalue weighted by atomic mass is 9.92. The molecule has 4 aliphatic rings. The van der Waals surface area contributed by atoms with E-state index in [1.54, 1.807) is 29.2 Å². The molecule has 0 saturated carbocycles. The van der Waals surface area contributed by atoms with Crippen molar-refractivity contribution in [1.82, 2.24) is 14.4 Å². The van der Waals surface area contributed by atoms with E-state index in [0.717, 1.165) is 55.8 Å². The van der Waals surface area contributed by atoms with Crippen molar-refractivity contribution in [2.24, 2.45) is 0 Å². The summed E-state index contributed by atoms with van der Waals surface area (Å²) in [4.78, 5) is 36.0. The van der Waals surface area contributed by atoms with E-state index < -0.39 is 0 Å². The van der Waals surface area contributed by atoms with Crippen molar-refractivity contribution in [1.29, 1.82) is 0 Å². The molecule has 0 radical (unpaired) electrons. The van der Waals surface area contributed by atoms with E-state index in [0.29, 0.717) is 72.2 Å². The number of aromatic hydroxyl groups is 1. The molecule has 4 aromatic carbocycles. The van der Waals surface area contributed by atoms with Gasteiger partial charge in [0.2, 0.25) is 6.79 Å². The number of carbonyl (C=O) groups excluding carboxylic acids is 2. The first-order valence-corrected chi connectivity index (χ1v) is 19.1. The SMILES string of the molecule is O=C(c1cc(-c2cc3c(cc2C(=O)N2Cc4ccccc4CC2CN2CCOCC2)OCO3)n2c1CCCC2)N(Cc1cccc(F)c1)c1ccc(O)cc1. The Hall–Kier alpha value is -5.65. The molecule has 10 nitrogen and oxygen atoms in total. The number of phenols is 1. The Morgan fingerprint density at radius 1 is 0.836 bits per heavy atom. The standard InChI is InChI=1S/C44H43FN4O6/c45-32-9-5-6-29(20-32)25-48(33-11-13-35(50)14-12-33)44(52)38-22-40(47-15-4-3-10-39(38)47)36-23-41-42(55-28-54-41)24-37(36)43(51)49-26-31-8-2-1-7-30(31)21-34(49)27-46-16-18-53-19-17-46/h1-2,5-9,11-14,20,22-24,34,50H,3-4,10,15-19,21,25-28H2. The molecule has 0 aliphatic carbocycles. The van der Waals surface area contributed by atoms with E-state index >= 15 is 4.79 Å². The van der Waals surface area contributed by atoms with Gasteiger partial charge in [0.25, 0.3) is 11.8 Å². The van der Waals surface area contributed by atoms with Crippen LogP contribution >= 0.6 is 0 Å². The second-order valence-corrected chi connectivity index (χ2v) is 14.8. The highest BCUT2D eigenvalue weighted by molar-refractivity contribution is 6.09. The predicted molar refractivity (Wildman–Crippen MR) is 205 cm³/mol. The zero-order valence-corrected chi connectivity index (χ0v) is 30.6. The van der Waals surface area contributed by atoms with Gasteiger partial charge in [-0.3, -0.25) is 14.5 Å². The number of phenolic OH excluding ortho intramolecular Hbond substituents is 1. The van der Waals surface area contributed by atoms with Crippen molar-refractivity contribution >= 4 is 17.5 Å². The zero-order chi connectivity index (χ0) is 37.5. The number of amides is 2. The fraction of sp³-hybridized carbons (Fsp3) is 0.318. The van der Waals surface area contributed by atoms with Crippen molar-refractivity contribution in [3.05, 3.63) is 130 Å². The molecule has 1 atom stereocenters. The minimum Gasteiger partial charge on any atom is -0.508 e. The molecule has 55 heavy (non-hydrogen) atoms. The highest BCUT2D eigenvalue weighted by atomic mass is 19.1. The maximum atomic E-state index is 15.2. The number of halogens is 1. The van der Waals surface area contributed by atoms with Crippen LogP contribution in [0.2, 0.25) is 0 Å². The van der Waals surface area contributed by atoms with Gasteiger partial charge in [-0.1, -0.05) is 36.4 Å². The summed E-state index contributed by atoms with van der Waals surface area (Å²) in [5.41, 5.74) is 6.95. The summed E-state index contributed by atoms with van der Waals surface area (Å²) in [5, 5.41) is 10.1. The summed E-state index contributed by atoms with van der Waals surface area (Å²) in [6.45, 7) is 5.08. The van der Waals surface area contributed by atoms with Crippen molar-refractivity contribution in [3.63, 3.8) is 0 Å². The minimum atomic E-state index is -0.386. The van der Waals surface area contributed by atoms with Gasteiger partial charge in [0, 0.05) is 61.4 Å². The molecular weight excluding hydrogens is 700 g/mol. The van der Waals surface area contributed by atoms with Gasteiger partial charge in [-0.15, -0.1) is 0 Å². The van der Waals surface area contributed by atoms with E-state index in [4.69, 9.17) is 14.2 Å². The molecule has 5 aromatic rings. The van der Waals surface area contributed by atoms with Crippen LogP contribution in [-0.2, 0) is 37.2 Å². The predicted octanol–water partition coefficient (Wildman–Crippen LogP) is 6.81. The first-order valence-electron chi connectivity index (χ1n) is 19.1. The molecule has 1 N–H and O–H groups in total. The lowest BCUT2D eigenvalue weighted by Crippen LogP contribution is -2.52. The second kappa shape index (κ2) is 14.9. The van der Waals surface area contributed by atoms with Gasteiger partial charge >= 0.3 is 0 Å². The number of fused-ring (bicyclic) bond motifs is 3. The second-order valence-electron chi connectivity index (χ2n) is 14.8. The molecular formula is C44H43FN4O6. The molecule has 5 heterocycles. The number of benzene rings is 4. The number of morpholine rings is 1. The quantitative estimate of drug-likeness (QED) is 0.187. The normalized spacial score (nSPS) is 17.8. The number of carbonyl (C=O) groups is 2. The van der Waals surface area contributed by atoms with Gasteiger partial charge in [0.15, 0.2) is 11.5 Å². The lowest BCUT2D eigenvalue weighted by Gasteiger charge is -2.40. The van der Waals surface area contributed by atoms with Crippen LogP contribution in [0.15, 0.2) is 91.0 Å². The molecule has 9 rings (SSSR count). The third-order valence-corrected chi connectivity index (χ3v) is 11.3. The average molecular weight is 743 g/mol. The molecule has 11 heteroatoms. The molecule has 1 saturated heterocycles. The summed E-state index contributed by atoms with van der Waals surface area (Å²) in [7, 11) is 0. The van der Waals surface area contributed by atoms with Crippen LogP contribution in [0.25, 0.3) is 11.3 Å². The number of hydrogen-bond donors (Lipinski definition) is 1. The smallest absolute Gasteiger partial charge is 0.260 e. The summed E-state index contributed by atoms with van der Waals surface area (Å²) in [5.74, 6) is 0.412. The van der Waals surface area contributed by atoms with Crippen molar-refractivity contribution < 1.29 is 33.3 Å². The average Bonchev–Trinajstić information content (AvgIpc) is 3.84. The Kier molecular flexibility index (Phi) is 9.49. The number of ether oxygens (including phenoxy) is 3. The van der Waals surface area contributed by atoms with Crippen molar-refractivity contribution in [2.45, 2.75) is 51.4 Å². The third-order valence-electron chi connectivity index (χ3n) is 11.3. The molecule has 1 fully saturated rings. The Labute approximate surface area is 319 Å². The van der Waals surface area contributed by atoms with Crippen LogP contribution in [0.1, 0.15) is 55.9 Å². The van der Waals surface area contributed by atoms with Gasteiger partial charge in [-0.2, -0.15) is 0 Å². The van der Waals surface area contributed by atoms with E-state index in [1.807, 2.05) is 29.2 Å². The number of anilines is 1. The van der Waals surface area contributed by atoms with Crippen LogP contribution in [0.4, 0.5) is 10.1 Å². The highest BCUT2D eigenvalue weighted by Crippen LogP contribution is 2.42. The first kappa shape index (κ1) is 35.1. The van der Waals surface area contributed by atoms with Gasteiger partial charge in [-0.25, -0.2) is 4.39 Å². The van der Waals surface area contributed by atoms with Gasteiger partial charge in [-0.05, 0) is 97.0 Å². The topological polar surface area (TPSA) is 96.7 Å². The zero-order valence-electron chi connectivity index (χ0n) is 30.6. The van der Waals surface area contributed by atoms with E-state index in [1.165, 1.54) is 29.8 Å². The molecule has 2 amide bonds. The summed E-state index contributed by atoms with van der Waals surface area (Å²) < 4.78 is 33.9. The minimum absolute atomic E-state index is 0.0564. The van der Waals surface area contributed by atoms with Crippen LogP contribution in [0.3, 0.4) is 0 Å². The highest BCUT2D eigenvalue weighted by Gasteiger charge is 2.36. The third kappa shape index (κ3) is 6.94. The first-order chi connectivity index (χ1) is 26.9. The Balaban J connectivity index is 1.13. The number of aromatic nitrogens is 1. The molecule has 282 valence electrons. The number of hydrogen-bond acceptors (Lipinski definition) is 7. The fourth-order valence-electron chi connectivity index (χ4n) is 8.52. The molecule has 1 aromatic heterocycles. The van der Waals surface area contributed by atoms with E-state index in [9.17, 15) is 14.3 Å². The fourth-order valence-corrected chi connectivity index (χ4v) is 8.52. The summed E-state index contributed by atoms with van der Waals surface area (Å²) in [6, 6.07) is 26.6. The Morgan fingerprint density at radius 2 is 1.62 bits per heavy atom. The maximum Gasteiger partial charge on any atom is 0.260 e. The summed E-state index contributed by atoms with van der Waals surface area (Å²) >= 11 is 0. The number of nitrogens with zero attached hydrogens (tertiary/aromatic N) is 4. The van der Waals surface area contributed by atoms with Gasteiger partial charge in [0.1, 0.15) is 11.6 Å². The van der Waals surface area contributed by atoms with Crippen LogP contribution in [-0.4, -0.2) is 77.0 Å². The maximum absolute atomic E-state index is 15.2. The van der Waals surface area contributed by atoms with Crippen LogP contribution in [0, 0.1) is 5.82 Å².